The predicted molar refractivity (Wildman–Crippen MR) is 141 cm³/mol. The molecule has 1 atom stereocenters. The van der Waals surface area contributed by atoms with Gasteiger partial charge in [-0.1, -0.05) is 77.1 Å². The molecule has 0 radical (unpaired) electrons. The fourth-order valence-corrected chi connectivity index (χ4v) is 5.97. The first-order valence-corrected chi connectivity index (χ1v) is 13.7. The number of hydrogen-bond donors (Lipinski definition) is 0. The zero-order chi connectivity index (χ0) is 23.7. The number of ether oxygens (including phenoxy) is 1. The van der Waals surface area contributed by atoms with Crippen LogP contribution in [0.4, 0.5) is 0 Å². The molecule has 0 saturated carbocycles. The van der Waals surface area contributed by atoms with Crippen molar-refractivity contribution in [2.24, 2.45) is 11.8 Å². The second-order valence-electron chi connectivity index (χ2n) is 9.05. The lowest BCUT2D eigenvalue weighted by Crippen LogP contribution is -2.06. The number of halogens is 2. The smallest absolute Gasteiger partial charge is 0.348 e. The van der Waals surface area contributed by atoms with Crippen molar-refractivity contribution in [3.05, 3.63) is 43.6 Å². The molecule has 0 saturated heterocycles. The highest BCUT2D eigenvalue weighted by Crippen LogP contribution is 2.41. The van der Waals surface area contributed by atoms with Gasteiger partial charge >= 0.3 is 5.97 Å². The Hall–Kier alpha value is -1.03. The Kier molecular flexibility index (Phi) is 11.6. The molecule has 0 spiro atoms. The number of esters is 1. The van der Waals surface area contributed by atoms with Gasteiger partial charge in [0.2, 0.25) is 0 Å². The van der Waals surface area contributed by atoms with Gasteiger partial charge in [-0.2, -0.15) is 0 Å². The number of unbranched alkanes of at least 4 members (excludes halogenated alkanes) is 1. The van der Waals surface area contributed by atoms with Crippen molar-refractivity contribution in [3.63, 3.8) is 0 Å². The van der Waals surface area contributed by atoms with Crippen LogP contribution in [0.3, 0.4) is 0 Å². The molecule has 0 fully saturated rings. The summed E-state index contributed by atoms with van der Waals surface area (Å²) in [5.74, 6) is 1.14. The van der Waals surface area contributed by atoms with Gasteiger partial charge in [-0.15, -0.1) is 11.3 Å². The van der Waals surface area contributed by atoms with E-state index in [-0.39, 0.29) is 5.97 Å². The minimum Gasteiger partial charge on any atom is -0.462 e. The summed E-state index contributed by atoms with van der Waals surface area (Å²) in [6, 6.07) is 5.85. The maximum atomic E-state index is 12.6. The first-order valence-electron chi connectivity index (χ1n) is 12.1. The molecule has 0 bridgehead atoms. The summed E-state index contributed by atoms with van der Waals surface area (Å²) in [7, 11) is 0. The molecule has 2 aromatic rings. The zero-order valence-electron chi connectivity index (χ0n) is 20.2. The molecule has 178 valence electrons. The molecule has 2 nitrogen and oxygen atoms in total. The lowest BCUT2D eigenvalue weighted by molar-refractivity contribution is 0.0505. The van der Waals surface area contributed by atoms with Crippen LogP contribution in [-0.2, 0) is 17.6 Å². The Morgan fingerprint density at radius 3 is 2.44 bits per heavy atom. The van der Waals surface area contributed by atoms with Gasteiger partial charge in [0.25, 0.3) is 0 Å². The van der Waals surface area contributed by atoms with E-state index in [1.807, 2.05) is 12.1 Å². The van der Waals surface area contributed by atoms with Gasteiger partial charge in [-0.3, -0.25) is 0 Å². The lowest BCUT2D eigenvalue weighted by atomic mass is 9.87. The number of aryl methyl sites for hydroxylation is 2. The van der Waals surface area contributed by atoms with E-state index in [0.29, 0.717) is 33.4 Å². The molecule has 2 rings (SSSR count). The predicted octanol–water partition coefficient (Wildman–Crippen LogP) is 9.64. The summed E-state index contributed by atoms with van der Waals surface area (Å²) < 4.78 is 5.48. The van der Waals surface area contributed by atoms with Crippen LogP contribution in [0.25, 0.3) is 11.1 Å². The van der Waals surface area contributed by atoms with Crippen LogP contribution >= 0.6 is 34.5 Å². The number of carbonyl (C=O) groups is 1. The summed E-state index contributed by atoms with van der Waals surface area (Å²) in [5.41, 5.74) is 3.27. The van der Waals surface area contributed by atoms with Crippen LogP contribution in [0.2, 0.25) is 10.0 Å². The van der Waals surface area contributed by atoms with Crippen LogP contribution < -0.4 is 0 Å². The molecule has 0 aliphatic carbocycles. The van der Waals surface area contributed by atoms with Crippen LogP contribution in [0.1, 0.15) is 93.3 Å². The summed E-state index contributed by atoms with van der Waals surface area (Å²) in [6.45, 7) is 11.6. The van der Waals surface area contributed by atoms with Crippen LogP contribution in [0, 0.1) is 11.8 Å². The monoisotopic (exact) mass is 496 g/mol. The highest BCUT2D eigenvalue weighted by Gasteiger charge is 2.21. The van der Waals surface area contributed by atoms with Crippen LogP contribution in [0.15, 0.2) is 18.2 Å². The van der Waals surface area contributed by atoms with Crippen molar-refractivity contribution in [3.8, 4) is 11.1 Å². The van der Waals surface area contributed by atoms with Gasteiger partial charge in [0.05, 0.1) is 11.6 Å². The van der Waals surface area contributed by atoms with E-state index < -0.39 is 0 Å². The zero-order valence-corrected chi connectivity index (χ0v) is 22.6. The fourth-order valence-electron chi connectivity index (χ4n) is 4.17. The van der Waals surface area contributed by atoms with E-state index in [4.69, 9.17) is 27.9 Å². The molecule has 5 heteroatoms. The van der Waals surface area contributed by atoms with Gasteiger partial charge in [0.1, 0.15) is 4.88 Å². The third-order valence-electron chi connectivity index (χ3n) is 5.83. The molecule has 32 heavy (non-hydrogen) atoms. The third-order valence-corrected chi connectivity index (χ3v) is 7.52. The van der Waals surface area contributed by atoms with Crippen LogP contribution in [0.5, 0.6) is 0 Å². The standard InChI is InChI=1S/C27H38Cl2O2S/c1-6-9-13-31-27(30)25-17-22(24(32-25)10-7-2)26-20(15-21(28)16-23(26)29)12-11-19(8-3)14-18(4)5/h15-19H,6-14H2,1-5H3. The van der Waals surface area contributed by atoms with Gasteiger partial charge < -0.3 is 4.74 Å². The average molecular weight is 498 g/mol. The van der Waals surface area contributed by atoms with Crippen molar-refractivity contribution < 1.29 is 9.53 Å². The van der Waals surface area contributed by atoms with Gasteiger partial charge in [-0.05, 0) is 73.3 Å². The van der Waals surface area contributed by atoms with E-state index in [2.05, 4.69) is 40.7 Å². The number of benzene rings is 1. The molecule has 1 aromatic carbocycles. The molecule has 0 aliphatic heterocycles. The maximum absolute atomic E-state index is 12.6. The first kappa shape index (κ1) is 27.2. The third kappa shape index (κ3) is 7.78. The quantitative estimate of drug-likeness (QED) is 0.203. The van der Waals surface area contributed by atoms with E-state index in [1.54, 1.807) is 0 Å². The van der Waals surface area contributed by atoms with Gasteiger partial charge in [0, 0.05) is 15.5 Å². The normalized spacial score (nSPS) is 12.4. The van der Waals surface area contributed by atoms with Gasteiger partial charge in [-0.25, -0.2) is 4.79 Å². The van der Waals surface area contributed by atoms with E-state index >= 15 is 0 Å². The Morgan fingerprint density at radius 1 is 1.06 bits per heavy atom. The Balaban J connectivity index is 2.41. The SMILES string of the molecule is CCCCOC(=O)c1cc(-c2c(Cl)cc(Cl)cc2CCC(CC)CC(C)C)c(CCC)s1. The summed E-state index contributed by atoms with van der Waals surface area (Å²) in [4.78, 5) is 14.5. The molecular formula is C27H38Cl2O2S. The summed E-state index contributed by atoms with van der Waals surface area (Å²) in [5, 5.41) is 1.32. The molecular weight excluding hydrogens is 459 g/mol. The second kappa shape index (κ2) is 13.6. The van der Waals surface area contributed by atoms with Crippen molar-refractivity contribution in [1.29, 1.82) is 0 Å². The molecule has 1 unspecified atom stereocenters. The minimum absolute atomic E-state index is 0.235. The lowest BCUT2D eigenvalue weighted by Gasteiger charge is -2.19. The van der Waals surface area contributed by atoms with Crippen molar-refractivity contribution in [2.45, 2.75) is 86.0 Å². The van der Waals surface area contributed by atoms with E-state index in [9.17, 15) is 4.79 Å². The molecule has 1 aromatic heterocycles. The number of thiophene rings is 1. The van der Waals surface area contributed by atoms with Crippen molar-refractivity contribution in [2.75, 3.05) is 6.61 Å². The maximum Gasteiger partial charge on any atom is 0.348 e. The largest absolute Gasteiger partial charge is 0.462 e. The number of carbonyl (C=O) groups excluding carboxylic acids is 1. The number of rotatable bonds is 13. The Labute approximate surface area is 208 Å². The van der Waals surface area contributed by atoms with E-state index in [1.165, 1.54) is 34.6 Å². The highest BCUT2D eigenvalue weighted by atomic mass is 35.5. The fraction of sp³-hybridized carbons (Fsp3) is 0.593. The topological polar surface area (TPSA) is 26.3 Å². The highest BCUT2D eigenvalue weighted by molar-refractivity contribution is 7.14. The Bertz CT molecular complexity index is 873. The summed E-state index contributed by atoms with van der Waals surface area (Å²) >= 11 is 14.7. The average Bonchev–Trinajstić information content (AvgIpc) is 3.14. The first-order chi connectivity index (χ1) is 15.3. The minimum atomic E-state index is -0.235. The molecule has 0 N–H and O–H groups in total. The Morgan fingerprint density at radius 2 is 1.81 bits per heavy atom. The van der Waals surface area contributed by atoms with Gasteiger partial charge in [0.15, 0.2) is 0 Å². The molecule has 1 heterocycles. The summed E-state index contributed by atoms with van der Waals surface area (Å²) in [6.07, 6.45) is 8.24. The number of hydrogen-bond acceptors (Lipinski definition) is 3. The second-order valence-corrected chi connectivity index (χ2v) is 11.0. The molecule has 0 amide bonds. The van der Waals surface area contributed by atoms with Crippen molar-refractivity contribution in [1.82, 2.24) is 0 Å². The molecule has 0 aliphatic rings. The van der Waals surface area contributed by atoms with Crippen molar-refractivity contribution >= 4 is 40.5 Å². The van der Waals surface area contributed by atoms with E-state index in [0.717, 1.165) is 49.7 Å². The van der Waals surface area contributed by atoms with Crippen LogP contribution in [-0.4, -0.2) is 12.6 Å².